The average molecular weight is 502 g/mol. The zero-order chi connectivity index (χ0) is 17.2. The highest BCUT2D eigenvalue weighted by Crippen LogP contribution is 2.22. The average Bonchev–Trinajstić information content (AvgIpc) is 3.21. The van der Waals surface area contributed by atoms with Gasteiger partial charge in [0.15, 0.2) is 5.96 Å². The van der Waals surface area contributed by atoms with Crippen molar-refractivity contribution in [3.63, 3.8) is 0 Å². The first-order valence-corrected chi connectivity index (χ1v) is 9.77. The van der Waals surface area contributed by atoms with Crippen LogP contribution < -0.4 is 5.32 Å². The summed E-state index contributed by atoms with van der Waals surface area (Å²) >= 11 is 7.61. The number of halogens is 2. The largest absolute Gasteiger partial charge is 0.381 e. The van der Waals surface area contributed by atoms with Gasteiger partial charge in [0, 0.05) is 44.1 Å². The molecule has 0 bridgehead atoms. The highest BCUT2D eigenvalue weighted by atomic mass is 127. The predicted molar refractivity (Wildman–Crippen MR) is 117 cm³/mol. The zero-order valence-electron chi connectivity index (χ0n) is 15.0. The minimum absolute atomic E-state index is 0. The number of ether oxygens (including phenoxy) is 2. The van der Waals surface area contributed by atoms with E-state index < -0.39 is 0 Å². The molecule has 1 unspecified atom stereocenters. The van der Waals surface area contributed by atoms with Gasteiger partial charge in [0.25, 0.3) is 0 Å². The van der Waals surface area contributed by atoms with Gasteiger partial charge in [-0.1, -0.05) is 11.6 Å². The lowest BCUT2D eigenvalue weighted by Crippen LogP contribution is -2.38. The summed E-state index contributed by atoms with van der Waals surface area (Å²) in [5.41, 5.74) is 0. The summed E-state index contributed by atoms with van der Waals surface area (Å²) in [7, 11) is 2.05. The summed E-state index contributed by atoms with van der Waals surface area (Å²) < 4.78 is 11.9. The van der Waals surface area contributed by atoms with E-state index in [9.17, 15) is 0 Å². The summed E-state index contributed by atoms with van der Waals surface area (Å²) in [5, 5.41) is 3.34. The molecule has 144 valence electrons. The van der Waals surface area contributed by atoms with E-state index in [1.165, 1.54) is 4.88 Å². The predicted octanol–water partition coefficient (Wildman–Crippen LogP) is 3.86. The molecule has 0 aromatic carbocycles. The van der Waals surface area contributed by atoms with Gasteiger partial charge in [-0.15, -0.1) is 35.3 Å². The minimum atomic E-state index is 0. The molecule has 1 aliphatic heterocycles. The Morgan fingerprint density at radius 3 is 3.00 bits per heavy atom. The van der Waals surface area contributed by atoms with Crippen LogP contribution in [-0.2, 0) is 16.0 Å². The molecule has 8 heteroatoms. The molecule has 1 aromatic rings. The number of nitrogens with one attached hydrogen (secondary N) is 1. The second kappa shape index (κ2) is 13.1. The second-order valence-corrected chi connectivity index (χ2v) is 7.76. The third-order valence-electron chi connectivity index (χ3n) is 3.80. The van der Waals surface area contributed by atoms with Gasteiger partial charge in [-0.05, 0) is 31.9 Å². The van der Waals surface area contributed by atoms with Gasteiger partial charge in [-0.3, -0.25) is 4.99 Å². The van der Waals surface area contributed by atoms with Crippen LogP contribution in [0.5, 0.6) is 0 Å². The van der Waals surface area contributed by atoms with Crippen molar-refractivity contribution in [1.82, 2.24) is 10.2 Å². The van der Waals surface area contributed by atoms with Crippen molar-refractivity contribution in [2.45, 2.75) is 26.3 Å². The Morgan fingerprint density at radius 1 is 1.52 bits per heavy atom. The molecule has 1 saturated heterocycles. The van der Waals surface area contributed by atoms with Crippen LogP contribution in [-0.4, -0.2) is 57.4 Å². The third kappa shape index (κ3) is 8.90. The normalized spacial score (nSPS) is 17.4. The van der Waals surface area contributed by atoms with Gasteiger partial charge in [0.05, 0.1) is 24.1 Å². The molecule has 5 nitrogen and oxygen atoms in total. The molecule has 0 aliphatic carbocycles. The van der Waals surface area contributed by atoms with E-state index in [0.717, 1.165) is 69.2 Å². The molecule has 2 rings (SSSR count). The van der Waals surface area contributed by atoms with Crippen LogP contribution in [0.3, 0.4) is 0 Å². The van der Waals surface area contributed by atoms with Gasteiger partial charge in [0.1, 0.15) is 0 Å². The summed E-state index contributed by atoms with van der Waals surface area (Å²) in [6.45, 7) is 7.80. The Hall–Kier alpha value is -0.0900. The fraction of sp³-hybridized carbons (Fsp3) is 0.706. The molecule has 25 heavy (non-hydrogen) atoms. The van der Waals surface area contributed by atoms with E-state index in [4.69, 9.17) is 21.1 Å². The van der Waals surface area contributed by atoms with Gasteiger partial charge < -0.3 is 19.7 Å². The number of nitrogens with zero attached hydrogens (tertiary/aromatic N) is 2. The molecule has 0 radical (unpaired) electrons. The molecule has 0 spiro atoms. The quantitative estimate of drug-likeness (QED) is 0.242. The van der Waals surface area contributed by atoms with E-state index in [0.29, 0.717) is 5.92 Å². The minimum Gasteiger partial charge on any atom is -0.381 e. The van der Waals surface area contributed by atoms with Gasteiger partial charge in [-0.2, -0.15) is 0 Å². The Bertz CT molecular complexity index is 510. The van der Waals surface area contributed by atoms with Gasteiger partial charge >= 0.3 is 0 Å². The highest BCUT2D eigenvalue weighted by Gasteiger charge is 2.15. The number of hydrogen-bond donors (Lipinski definition) is 1. The molecule has 1 aliphatic rings. The van der Waals surface area contributed by atoms with Crippen LogP contribution in [0.15, 0.2) is 17.1 Å². The van der Waals surface area contributed by atoms with Crippen LogP contribution in [0.25, 0.3) is 0 Å². The fourth-order valence-corrected chi connectivity index (χ4v) is 3.67. The summed E-state index contributed by atoms with van der Waals surface area (Å²) in [6, 6.07) is 4.00. The first kappa shape index (κ1) is 23.0. The summed E-state index contributed by atoms with van der Waals surface area (Å²) in [4.78, 5) is 8.04. The number of thiophene rings is 1. The maximum Gasteiger partial charge on any atom is 0.193 e. The molecule has 0 saturated carbocycles. The van der Waals surface area contributed by atoms with Crippen LogP contribution >= 0.6 is 46.9 Å². The fourth-order valence-electron chi connectivity index (χ4n) is 2.53. The molecule has 1 fully saturated rings. The van der Waals surface area contributed by atoms with Crippen molar-refractivity contribution < 1.29 is 9.47 Å². The van der Waals surface area contributed by atoms with Gasteiger partial charge in [0.2, 0.25) is 0 Å². The van der Waals surface area contributed by atoms with Crippen LogP contribution in [0.4, 0.5) is 0 Å². The Balaban J connectivity index is 0.00000312. The lowest BCUT2D eigenvalue weighted by molar-refractivity contribution is 0.0893. The van der Waals surface area contributed by atoms with E-state index in [1.807, 2.05) is 13.1 Å². The van der Waals surface area contributed by atoms with E-state index in [1.54, 1.807) is 11.3 Å². The maximum atomic E-state index is 6.00. The Labute approximate surface area is 177 Å². The topological polar surface area (TPSA) is 46.1 Å². The van der Waals surface area contributed by atoms with Gasteiger partial charge in [-0.25, -0.2) is 0 Å². The van der Waals surface area contributed by atoms with Crippen molar-refractivity contribution in [3.8, 4) is 0 Å². The van der Waals surface area contributed by atoms with E-state index in [2.05, 4.69) is 28.2 Å². The molecule has 1 N–H and O–H groups in total. The summed E-state index contributed by atoms with van der Waals surface area (Å²) in [5.74, 6) is 1.50. The van der Waals surface area contributed by atoms with Crippen LogP contribution in [0.2, 0.25) is 4.34 Å². The van der Waals surface area contributed by atoms with Crippen molar-refractivity contribution in [1.29, 1.82) is 0 Å². The van der Waals surface area contributed by atoms with Crippen LogP contribution in [0, 0.1) is 5.92 Å². The molecule has 1 atom stereocenters. The first-order valence-electron chi connectivity index (χ1n) is 8.58. The zero-order valence-corrected chi connectivity index (χ0v) is 18.9. The standard InChI is InChI=1S/C17H28ClN3O2S.HI/c1-3-19-17(21(2)11-15-5-6-16(18)24-15)20-8-4-9-22-12-14-7-10-23-13-14;/h5-6,14H,3-4,7-13H2,1-2H3,(H,19,20);1H. The SMILES string of the molecule is CCNC(=NCCCOCC1CCOC1)N(C)Cc1ccc(Cl)s1.I. The van der Waals surface area contributed by atoms with E-state index >= 15 is 0 Å². The second-order valence-electron chi connectivity index (χ2n) is 5.96. The number of hydrogen-bond acceptors (Lipinski definition) is 4. The first-order chi connectivity index (χ1) is 11.7. The highest BCUT2D eigenvalue weighted by molar-refractivity contribution is 14.0. The monoisotopic (exact) mass is 501 g/mol. The Kier molecular flexibility index (Phi) is 12.1. The van der Waals surface area contributed by atoms with Crippen molar-refractivity contribution in [3.05, 3.63) is 21.3 Å². The Morgan fingerprint density at radius 2 is 2.36 bits per heavy atom. The molecule has 0 amide bonds. The molecular formula is C17H29ClIN3O2S. The number of guanidine groups is 1. The number of aliphatic imine (C=N–C) groups is 1. The number of rotatable bonds is 9. The smallest absolute Gasteiger partial charge is 0.193 e. The van der Waals surface area contributed by atoms with Crippen molar-refractivity contribution >= 4 is 52.9 Å². The lowest BCUT2D eigenvalue weighted by atomic mass is 10.1. The third-order valence-corrected chi connectivity index (χ3v) is 5.02. The molecule has 2 heterocycles. The van der Waals surface area contributed by atoms with Crippen molar-refractivity contribution in [2.24, 2.45) is 10.9 Å². The van der Waals surface area contributed by atoms with Crippen molar-refractivity contribution in [2.75, 3.05) is 46.6 Å². The van der Waals surface area contributed by atoms with E-state index in [-0.39, 0.29) is 24.0 Å². The molecular weight excluding hydrogens is 473 g/mol. The maximum absolute atomic E-state index is 6.00. The summed E-state index contributed by atoms with van der Waals surface area (Å²) in [6.07, 6.45) is 2.06. The van der Waals surface area contributed by atoms with Crippen LogP contribution in [0.1, 0.15) is 24.6 Å². The lowest BCUT2D eigenvalue weighted by Gasteiger charge is -2.21. The molecule has 1 aromatic heterocycles.